The van der Waals surface area contributed by atoms with Crippen LogP contribution in [-0.2, 0) is 6.18 Å². The number of aromatic nitrogens is 2. The minimum atomic E-state index is -4.50. The third kappa shape index (κ3) is 2.70. The molecule has 0 amide bonds. The first kappa shape index (κ1) is 11.8. The van der Waals surface area contributed by atoms with E-state index in [-0.39, 0.29) is 15.8 Å². The molecule has 2 aromatic heterocycles. The quantitative estimate of drug-likeness (QED) is 0.900. The molecule has 4 nitrogen and oxygen atoms in total. The molecule has 0 saturated carbocycles. The predicted molar refractivity (Wildman–Crippen MR) is 54.3 cm³/mol. The van der Waals surface area contributed by atoms with Gasteiger partial charge >= 0.3 is 6.18 Å². The highest BCUT2D eigenvalue weighted by molar-refractivity contribution is 7.99. The molecule has 2 heterocycles. The lowest BCUT2D eigenvalue weighted by molar-refractivity contribution is -0.141. The van der Waals surface area contributed by atoms with Crippen LogP contribution in [0.5, 0.6) is 0 Å². The molecule has 0 saturated heterocycles. The van der Waals surface area contributed by atoms with Crippen LogP contribution in [0.2, 0.25) is 0 Å². The van der Waals surface area contributed by atoms with Crippen LogP contribution in [0, 0.1) is 0 Å². The number of nitrogens with zero attached hydrogens (tertiary/aromatic N) is 2. The second kappa shape index (κ2) is 4.28. The number of hydrogen-bond acceptors (Lipinski definition) is 5. The molecule has 0 spiro atoms. The summed E-state index contributed by atoms with van der Waals surface area (Å²) in [6, 6.07) is 0.865. The number of hydrogen-bond donors (Lipinski definition) is 1. The zero-order valence-electron chi connectivity index (χ0n) is 8.23. The number of anilines is 1. The number of rotatable bonds is 2. The molecule has 90 valence electrons. The molecule has 0 aromatic carbocycles. The van der Waals surface area contributed by atoms with Crippen molar-refractivity contribution in [1.82, 2.24) is 9.97 Å². The van der Waals surface area contributed by atoms with Crippen molar-refractivity contribution < 1.29 is 17.6 Å². The van der Waals surface area contributed by atoms with Crippen LogP contribution < -0.4 is 5.73 Å². The average Bonchev–Trinajstić information content (AvgIpc) is 2.72. The molecule has 17 heavy (non-hydrogen) atoms. The van der Waals surface area contributed by atoms with E-state index in [2.05, 4.69) is 9.97 Å². The molecular formula is C9H6F3N3OS. The molecule has 2 N–H and O–H groups in total. The number of nitrogens with two attached hydrogens (primary N) is 1. The van der Waals surface area contributed by atoms with Gasteiger partial charge in [-0.05, 0) is 17.8 Å². The zero-order chi connectivity index (χ0) is 12.5. The van der Waals surface area contributed by atoms with E-state index in [0.717, 1.165) is 24.0 Å². The van der Waals surface area contributed by atoms with Crippen LogP contribution in [0.1, 0.15) is 5.69 Å². The Hall–Kier alpha value is -1.70. The average molecular weight is 261 g/mol. The van der Waals surface area contributed by atoms with Crippen LogP contribution in [0.25, 0.3) is 0 Å². The van der Waals surface area contributed by atoms with Crippen LogP contribution in [0.3, 0.4) is 0 Å². The summed E-state index contributed by atoms with van der Waals surface area (Å²) in [7, 11) is 0. The Labute approximate surface area is 98.0 Å². The molecule has 0 bridgehead atoms. The number of halogens is 3. The smallest absolute Gasteiger partial charge is 0.433 e. The molecule has 8 heteroatoms. The highest BCUT2D eigenvalue weighted by atomic mass is 32.2. The molecule has 0 aliphatic carbocycles. The Bertz CT molecular complexity index is 513. The Morgan fingerprint density at radius 1 is 1.29 bits per heavy atom. The number of nitrogen functional groups attached to an aromatic ring is 1. The third-order valence-corrected chi connectivity index (χ3v) is 2.74. The van der Waals surface area contributed by atoms with Crippen molar-refractivity contribution in [2.24, 2.45) is 0 Å². The normalized spacial score (nSPS) is 11.7. The van der Waals surface area contributed by atoms with Gasteiger partial charge in [-0.25, -0.2) is 9.97 Å². The Morgan fingerprint density at radius 3 is 2.65 bits per heavy atom. The standard InChI is InChI=1S/C9H6F3N3OS/c10-9(11,12)7-3-6(5(13)4-15-7)17-8-14-1-2-16-8/h1-4H,13H2. The van der Waals surface area contributed by atoms with Crippen molar-refractivity contribution in [2.45, 2.75) is 16.3 Å². The van der Waals surface area contributed by atoms with E-state index in [1.165, 1.54) is 12.5 Å². The second-order valence-electron chi connectivity index (χ2n) is 3.01. The monoisotopic (exact) mass is 261 g/mol. The first-order valence-electron chi connectivity index (χ1n) is 4.37. The van der Waals surface area contributed by atoms with Gasteiger partial charge in [-0.3, -0.25) is 0 Å². The topological polar surface area (TPSA) is 64.9 Å². The molecule has 0 aliphatic rings. The van der Waals surface area contributed by atoms with Gasteiger partial charge in [-0.1, -0.05) is 0 Å². The lowest BCUT2D eigenvalue weighted by atomic mass is 10.3. The van der Waals surface area contributed by atoms with Crippen molar-refractivity contribution in [1.29, 1.82) is 0 Å². The van der Waals surface area contributed by atoms with Gasteiger partial charge in [-0.2, -0.15) is 13.2 Å². The van der Waals surface area contributed by atoms with E-state index in [0.29, 0.717) is 0 Å². The predicted octanol–water partition coefficient (Wildman–Crippen LogP) is 2.82. The zero-order valence-corrected chi connectivity index (χ0v) is 9.05. The molecule has 2 aromatic rings. The molecule has 0 fully saturated rings. The second-order valence-corrected chi connectivity index (χ2v) is 4.00. The van der Waals surface area contributed by atoms with Crippen molar-refractivity contribution >= 4 is 17.4 Å². The maximum atomic E-state index is 12.4. The summed E-state index contributed by atoms with van der Waals surface area (Å²) < 4.78 is 42.2. The minimum absolute atomic E-state index is 0.140. The first-order valence-corrected chi connectivity index (χ1v) is 5.18. The van der Waals surface area contributed by atoms with Gasteiger partial charge in [0.25, 0.3) is 5.22 Å². The van der Waals surface area contributed by atoms with E-state index in [9.17, 15) is 13.2 Å². The van der Waals surface area contributed by atoms with Gasteiger partial charge in [0.2, 0.25) is 0 Å². The van der Waals surface area contributed by atoms with Crippen molar-refractivity contribution in [3.05, 3.63) is 30.4 Å². The summed E-state index contributed by atoms with van der Waals surface area (Å²) in [4.78, 5) is 7.21. The maximum absolute atomic E-state index is 12.4. The maximum Gasteiger partial charge on any atom is 0.433 e. The van der Waals surface area contributed by atoms with Crippen molar-refractivity contribution in [3.63, 3.8) is 0 Å². The lowest BCUT2D eigenvalue weighted by Gasteiger charge is -2.08. The molecular weight excluding hydrogens is 255 g/mol. The lowest BCUT2D eigenvalue weighted by Crippen LogP contribution is -2.08. The van der Waals surface area contributed by atoms with Crippen LogP contribution in [0.15, 0.2) is 39.3 Å². The van der Waals surface area contributed by atoms with Crippen LogP contribution in [0.4, 0.5) is 18.9 Å². The molecule has 0 aliphatic heterocycles. The summed E-state index contributed by atoms with van der Waals surface area (Å²) in [6.45, 7) is 0. The van der Waals surface area contributed by atoms with Crippen LogP contribution in [-0.4, -0.2) is 9.97 Å². The van der Waals surface area contributed by atoms with Gasteiger partial charge in [0.05, 0.1) is 18.1 Å². The molecule has 0 atom stereocenters. The Morgan fingerprint density at radius 2 is 2.06 bits per heavy atom. The molecule has 0 unspecified atom stereocenters. The van der Waals surface area contributed by atoms with E-state index < -0.39 is 11.9 Å². The number of alkyl halides is 3. The van der Waals surface area contributed by atoms with Crippen LogP contribution >= 0.6 is 11.8 Å². The minimum Gasteiger partial charge on any atom is -0.440 e. The van der Waals surface area contributed by atoms with Gasteiger partial charge in [0.1, 0.15) is 12.0 Å². The van der Waals surface area contributed by atoms with E-state index in [1.807, 2.05) is 0 Å². The Kier molecular flexibility index (Phi) is 2.97. The number of oxazole rings is 1. The summed E-state index contributed by atoms with van der Waals surface area (Å²) in [5.41, 5.74) is 4.67. The fourth-order valence-corrected chi connectivity index (χ4v) is 1.79. The highest BCUT2D eigenvalue weighted by Crippen LogP contribution is 2.35. The molecule has 0 radical (unpaired) electrons. The van der Waals surface area contributed by atoms with E-state index >= 15 is 0 Å². The van der Waals surface area contributed by atoms with Gasteiger partial charge in [-0.15, -0.1) is 0 Å². The van der Waals surface area contributed by atoms with Gasteiger partial charge in [0.15, 0.2) is 0 Å². The van der Waals surface area contributed by atoms with E-state index in [1.54, 1.807) is 0 Å². The van der Waals surface area contributed by atoms with Gasteiger partial charge < -0.3 is 10.2 Å². The van der Waals surface area contributed by atoms with Crippen molar-refractivity contribution in [2.75, 3.05) is 5.73 Å². The van der Waals surface area contributed by atoms with E-state index in [4.69, 9.17) is 10.2 Å². The Balaban J connectivity index is 2.33. The molecule has 2 rings (SSSR count). The number of pyridine rings is 1. The van der Waals surface area contributed by atoms with Crippen molar-refractivity contribution in [3.8, 4) is 0 Å². The summed E-state index contributed by atoms with van der Waals surface area (Å²) in [6.07, 6.45) is -0.817. The third-order valence-electron chi connectivity index (χ3n) is 1.79. The fourth-order valence-electron chi connectivity index (χ4n) is 1.05. The first-order chi connectivity index (χ1) is 7.97. The largest absolute Gasteiger partial charge is 0.440 e. The highest BCUT2D eigenvalue weighted by Gasteiger charge is 2.33. The fraction of sp³-hybridized carbons (Fsp3) is 0.111. The van der Waals surface area contributed by atoms with Gasteiger partial charge in [0, 0.05) is 4.90 Å². The summed E-state index contributed by atoms with van der Waals surface area (Å²) in [5.74, 6) is 0. The SMILES string of the molecule is Nc1cnc(C(F)(F)F)cc1Sc1ncco1. The summed E-state index contributed by atoms with van der Waals surface area (Å²) >= 11 is 0.908. The summed E-state index contributed by atoms with van der Waals surface area (Å²) in [5, 5.41) is 0.219.